The summed E-state index contributed by atoms with van der Waals surface area (Å²) in [6.07, 6.45) is 1.42. The van der Waals surface area contributed by atoms with E-state index in [2.05, 4.69) is 33.7 Å². The van der Waals surface area contributed by atoms with Crippen LogP contribution in [0.15, 0.2) is 17.3 Å². The smallest absolute Gasteiger partial charge is 0.257 e. The second kappa shape index (κ2) is 6.13. The minimum absolute atomic E-state index is 0.101. The third kappa shape index (κ3) is 4.10. The van der Waals surface area contributed by atoms with Crippen LogP contribution in [0, 0.1) is 0 Å². The maximum absolute atomic E-state index is 11.9. The van der Waals surface area contributed by atoms with E-state index >= 15 is 0 Å². The fourth-order valence-electron chi connectivity index (χ4n) is 1.63. The molecule has 0 bridgehead atoms. The summed E-state index contributed by atoms with van der Waals surface area (Å²) in [5.41, 5.74) is 0. The molecule has 7 heteroatoms. The topological polar surface area (TPSA) is 78.1 Å². The van der Waals surface area contributed by atoms with Crippen LogP contribution in [0.3, 0.4) is 0 Å². The Labute approximate surface area is 102 Å². The zero-order chi connectivity index (χ0) is 12.9. The highest BCUT2D eigenvalue weighted by atomic mass is 32.2. The number of nitrogens with one attached hydrogen (secondary N) is 2. The van der Waals surface area contributed by atoms with E-state index in [1.165, 1.54) is 12.3 Å². The second-order valence-corrected chi connectivity index (χ2v) is 5.61. The molecule has 1 atom stereocenters. The lowest BCUT2D eigenvalue weighted by molar-refractivity contribution is 0.282. The minimum Gasteiger partial charge on any atom is -0.302 e. The zero-order valence-corrected chi connectivity index (χ0v) is 11.3. The second-order valence-electron chi connectivity index (χ2n) is 3.93. The molecule has 0 amide bonds. The van der Waals surface area contributed by atoms with Gasteiger partial charge in [0.05, 0.1) is 6.20 Å². The normalized spacial score (nSPS) is 14.1. The molecule has 0 aliphatic rings. The van der Waals surface area contributed by atoms with Crippen molar-refractivity contribution in [2.75, 3.05) is 19.6 Å². The molecule has 1 rings (SSSR count). The van der Waals surface area contributed by atoms with Crippen molar-refractivity contribution in [1.29, 1.82) is 0 Å². The summed E-state index contributed by atoms with van der Waals surface area (Å²) in [5.74, 6) is 0. The van der Waals surface area contributed by atoms with Gasteiger partial charge in [0.2, 0.25) is 0 Å². The fraction of sp³-hybridized carbons (Fsp3) is 0.700. The van der Waals surface area contributed by atoms with Gasteiger partial charge in [0.15, 0.2) is 5.03 Å². The van der Waals surface area contributed by atoms with Crippen LogP contribution in [0.5, 0.6) is 0 Å². The molecule has 0 spiro atoms. The standard InChI is InChI=1S/C10H20N4O2S/c1-4-14(5-2)8-9(3)13-17(15,16)10-6-7-11-12-10/h6-7,9,13H,4-5,8H2,1-3H3,(H,11,12). The Morgan fingerprint density at radius 1 is 1.47 bits per heavy atom. The predicted molar refractivity (Wildman–Crippen MR) is 66.2 cm³/mol. The van der Waals surface area contributed by atoms with Crippen LogP contribution >= 0.6 is 0 Å². The Morgan fingerprint density at radius 2 is 2.12 bits per heavy atom. The van der Waals surface area contributed by atoms with E-state index in [1.807, 2.05) is 6.92 Å². The van der Waals surface area contributed by atoms with E-state index in [9.17, 15) is 8.42 Å². The van der Waals surface area contributed by atoms with Crippen LogP contribution in [0.4, 0.5) is 0 Å². The van der Waals surface area contributed by atoms with Gasteiger partial charge in [-0.15, -0.1) is 0 Å². The van der Waals surface area contributed by atoms with Gasteiger partial charge in [0.1, 0.15) is 0 Å². The average Bonchev–Trinajstić information content (AvgIpc) is 2.79. The molecule has 0 aromatic carbocycles. The molecule has 1 heterocycles. The molecule has 6 nitrogen and oxygen atoms in total. The number of hydrogen-bond donors (Lipinski definition) is 2. The quantitative estimate of drug-likeness (QED) is 0.744. The fourth-order valence-corrected chi connectivity index (χ4v) is 2.77. The number of aromatic nitrogens is 2. The van der Waals surface area contributed by atoms with Gasteiger partial charge in [-0.25, -0.2) is 13.1 Å². The number of hydrogen-bond acceptors (Lipinski definition) is 4. The summed E-state index contributed by atoms with van der Waals surface area (Å²) in [6.45, 7) is 8.48. The summed E-state index contributed by atoms with van der Waals surface area (Å²) in [7, 11) is -3.47. The molecular formula is C10H20N4O2S. The van der Waals surface area contributed by atoms with E-state index in [-0.39, 0.29) is 11.1 Å². The van der Waals surface area contributed by atoms with E-state index in [4.69, 9.17) is 0 Å². The van der Waals surface area contributed by atoms with Crippen molar-refractivity contribution in [1.82, 2.24) is 19.8 Å². The van der Waals surface area contributed by atoms with Gasteiger partial charge < -0.3 is 4.90 Å². The molecule has 2 N–H and O–H groups in total. The molecule has 0 saturated heterocycles. The molecule has 1 aromatic rings. The van der Waals surface area contributed by atoms with Crippen LogP contribution in [0.1, 0.15) is 20.8 Å². The lowest BCUT2D eigenvalue weighted by atomic mass is 10.3. The van der Waals surface area contributed by atoms with Crippen molar-refractivity contribution in [3.05, 3.63) is 12.3 Å². The predicted octanol–water partition coefficient (Wildman–Crippen LogP) is 0.418. The van der Waals surface area contributed by atoms with Gasteiger partial charge in [-0.2, -0.15) is 5.10 Å². The number of likely N-dealkylation sites (N-methyl/N-ethyl adjacent to an activating group) is 1. The summed E-state index contributed by atoms with van der Waals surface area (Å²) in [4.78, 5) is 2.17. The van der Waals surface area contributed by atoms with Crippen LogP contribution in [-0.4, -0.2) is 49.2 Å². The first-order valence-corrected chi connectivity index (χ1v) is 7.22. The van der Waals surface area contributed by atoms with E-state index in [1.54, 1.807) is 0 Å². The largest absolute Gasteiger partial charge is 0.302 e. The summed E-state index contributed by atoms with van der Waals surface area (Å²) in [5, 5.41) is 6.19. The highest BCUT2D eigenvalue weighted by Gasteiger charge is 2.19. The van der Waals surface area contributed by atoms with Crippen molar-refractivity contribution in [3.8, 4) is 0 Å². The van der Waals surface area contributed by atoms with Gasteiger partial charge in [-0.3, -0.25) is 5.10 Å². The maximum Gasteiger partial charge on any atom is 0.257 e. The Bertz CT molecular complexity index is 412. The molecule has 0 fully saturated rings. The molecule has 0 aliphatic carbocycles. The first-order chi connectivity index (χ1) is 7.99. The number of rotatable bonds is 7. The summed E-state index contributed by atoms with van der Waals surface area (Å²) in [6, 6.07) is 1.30. The molecule has 17 heavy (non-hydrogen) atoms. The van der Waals surface area contributed by atoms with Crippen molar-refractivity contribution >= 4 is 10.0 Å². The van der Waals surface area contributed by atoms with Gasteiger partial charge in [-0.05, 0) is 26.1 Å². The highest BCUT2D eigenvalue weighted by Crippen LogP contribution is 2.04. The molecular weight excluding hydrogens is 240 g/mol. The molecule has 0 saturated carbocycles. The Balaban J connectivity index is 2.59. The monoisotopic (exact) mass is 260 g/mol. The average molecular weight is 260 g/mol. The number of H-pyrrole nitrogens is 1. The van der Waals surface area contributed by atoms with Crippen LogP contribution in [0.25, 0.3) is 0 Å². The number of aromatic amines is 1. The summed E-state index contributed by atoms with van der Waals surface area (Å²) < 4.78 is 26.3. The van der Waals surface area contributed by atoms with Gasteiger partial charge in [0, 0.05) is 12.6 Å². The van der Waals surface area contributed by atoms with Crippen LogP contribution in [-0.2, 0) is 10.0 Å². The Hall–Kier alpha value is -0.920. The van der Waals surface area contributed by atoms with Crippen LogP contribution in [0.2, 0.25) is 0 Å². The van der Waals surface area contributed by atoms with Crippen molar-refractivity contribution < 1.29 is 8.42 Å². The lowest BCUT2D eigenvalue weighted by Gasteiger charge is -2.22. The molecule has 0 aliphatic heterocycles. The third-order valence-corrected chi connectivity index (χ3v) is 4.07. The molecule has 98 valence electrons. The van der Waals surface area contributed by atoms with E-state index in [0.717, 1.165) is 13.1 Å². The zero-order valence-electron chi connectivity index (χ0n) is 10.5. The SMILES string of the molecule is CCN(CC)CC(C)NS(=O)(=O)c1ccn[nH]1. The van der Waals surface area contributed by atoms with E-state index in [0.29, 0.717) is 6.54 Å². The Morgan fingerprint density at radius 3 is 2.59 bits per heavy atom. The lowest BCUT2D eigenvalue weighted by Crippen LogP contribution is -2.41. The molecule has 0 radical (unpaired) electrons. The van der Waals surface area contributed by atoms with Gasteiger partial charge in [0.25, 0.3) is 10.0 Å². The molecule has 1 aromatic heterocycles. The first kappa shape index (κ1) is 14.1. The van der Waals surface area contributed by atoms with Crippen LogP contribution < -0.4 is 4.72 Å². The van der Waals surface area contributed by atoms with Gasteiger partial charge in [-0.1, -0.05) is 13.8 Å². The number of nitrogens with zero attached hydrogens (tertiary/aromatic N) is 2. The van der Waals surface area contributed by atoms with Gasteiger partial charge >= 0.3 is 0 Å². The van der Waals surface area contributed by atoms with Crippen molar-refractivity contribution in [2.45, 2.75) is 31.8 Å². The highest BCUT2D eigenvalue weighted by molar-refractivity contribution is 7.89. The number of sulfonamides is 1. The third-order valence-electron chi connectivity index (χ3n) is 2.55. The van der Waals surface area contributed by atoms with Crippen molar-refractivity contribution in [3.63, 3.8) is 0 Å². The Kier molecular flexibility index (Phi) is 5.10. The first-order valence-electron chi connectivity index (χ1n) is 5.73. The maximum atomic E-state index is 11.9. The van der Waals surface area contributed by atoms with Crippen molar-refractivity contribution in [2.24, 2.45) is 0 Å². The summed E-state index contributed by atoms with van der Waals surface area (Å²) >= 11 is 0. The minimum atomic E-state index is -3.47. The molecule has 1 unspecified atom stereocenters. The van der Waals surface area contributed by atoms with E-state index < -0.39 is 10.0 Å².